The Morgan fingerprint density at radius 2 is 1.71 bits per heavy atom. The zero-order valence-corrected chi connectivity index (χ0v) is 20.8. The fourth-order valence-electron chi connectivity index (χ4n) is 5.34. The molecule has 6 heteroatoms. The number of carbonyl (C=O) groups excluding carboxylic acids is 3. The minimum atomic E-state index is -0.433. The van der Waals surface area contributed by atoms with Crippen molar-refractivity contribution >= 4 is 40.2 Å². The molecular formula is C29H29NO4S. The summed E-state index contributed by atoms with van der Waals surface area (Å²) >= 11 is 1.36. The van der Waals surface area contributed by atoms with Gasteiger partial charge in [-0.05, 0) is 40.8 Å². The Labute approximate surface area is 209 Å². The zero-order valence-electron chi connectivity index (χ0n) is 20.0. The number of esters is 1. The van der Waals surface area contributed by atoms with E-state index in [1.807, 2.05) is 54.6 Å². The predicted octanol–water partition coefficient (Wildman–Crippen LogP) is 5.63. The molecule has 0 aliphatic heterocycles. The summed E-state index contributed by atoms with van der Waals surface area (Å²) < 4.78 is 5.26. The van der Waals surface area contributed by atoms with Crippen LogP contribution in [0.1, 0.15) is 49.0 Å². The first-order chi connectivity index (χ1) is 16.9. The van der Waals surface area contributed by atoms with E-state index in [0.717, 1.165) is 39.6 Å². The maximum absolute atomic E-state index is 13.1. The van der Waals surface area contributed by atoms with E-state index in [2.05, 4.69) is 19.2 Å². The molecule has 3 unspecified atom stereocenters. The standard InChI is InChI=1S/C29H29NO4S/c1-17-7-5-12-24(18(17)2)30-26(31)15-34-27(32)16-35-25-14-13-20-19-8-3-4-9-21(19)29(33)23-11-6-10-22(25)28(20)23/h3-4,6,8-11,13-14,17-18,24H,5,7,12,15-16H2,1-2H3,(H,30,31). The molecule has 3 aromatic carbocycles. The average molecular weight is 488 g/mol. The fourth-order valence-corrected chi connectivity index (χ4v) is 6.19. The highest BCUT2D eigenvalue weighted by Crippen LogP contribution is 2.42. The number of rotatable bonds is 6. The number of nitrogens with one attached hydrogen (secondary N) is 1. The van der Waals surface area contributed by atoms with E-state index in [4.69, 9.17) is 4.74 Å². The summed E-state index contributed by atoms with van der Waals surface area (Å²) in [5.74, 6) is 0.440. The second kappa shape index (κ2) is 9.86. The van der Waals surface area contributed by atoms with Gasteiger partial charge in [-0.1, -0.05) is 75.2 Å². The van der Waals surface area contributed by atoms with Crippen LogP contribution in [0.4, 0.5) is 0 Å². The number of benzene rings is 3. The molecule has 3 atom stereocenters. The first kappa shape index (κ1) is 23.6. The SMILES string of the molecule is CC1CCCC(NC(=O)COC(=O)CSc2ccc3c4c(cccc24)C(=O)c2ccccc2-3)C1C. The van der Waals surface area contributed by atoms with Crippen LogP contribution in [-0.4, -0.2) is 36.1 Å². The van der Waals surface area contributed by atoms with E-state index in [0.29, 0.717) is 23.0 Å². The summed E-state index contributed by atoms with van der Waals surface area (Å²) in [6.07, 6.45) is 3.27. The van der Waals surface area contributed by atoms with Gasteiger partial charge in [-0.15, -0.1) is 11.8 Å². The van der Waals surface area contributed by atoms with Crippen LogP contribution < -0.4 is 5.32 Å². The first-order valence-corrected chi connectivity index (χ1v) is 13.2. The van der Waals surface area contributed by atoms with Gasteiger partial charge in [0.25, 0.3) is 5.91 Å². The van der Waals surface area contributed by atoms with Crippen molar-refractivity contribution in [2.75, 3.05) is 12.4 Å². The van der Waals surface area contributed by atoms with Gasteiger partial charge in [-0.25, -0.2) is 0 Å². The van der Waals surface area contributed by atoms with Gasteiger partial charge < -0.3 is 10.1 Å². The van der Waals surface area contributed by atoms with Crippen molar-refractivity contribution < 1.29 is 19.1 Å². The summed E-state index contributed by atoms with van der Waals surface area (Å²) in [4.78, 5) is 38.7. The monoisotopic (exact) mass is 487 g/mol. The summed E-state index contributed by atoms with van der Waals surface area (Å²) in [5.41, 5.74) is 3.36. The zero-order chi connectivity index (χ0) is 24.5. The van der Waals surface area contributed by atoms with Crippen molar-refractivity contribution in [2.24, 2.45) is 11.8 Å². The molecule has 5 nitrogen and oxygen atoms in total. The van der Waals surface area contributed by atoms with Crippen LogP contribution in [0, 0.1) is 11.8 Å². The van der Waals surface area contributed by atoms with E-state index in [1.54, 1.807) is 0 Å². The maximum atomic E-state index is 13.1. The number of amides is 1. The summed E-state index contributed by atoms with van der Waals surface area (Å²) in [6.45, 7) is 4.13. The molecule has 1 amide bonds. The van der Waals surface area contributed by atoms with Crippen LogP contribution in [0.15, 0.2) is 59.5 Å². The molecule has 1 N–H and O–H groups in total. The Kier molecular flexibility index (Phi) is 6.65. The molecule has 3 aromatic rings. The lowest BCUT2D eigenvalue weighted by Gasteiger charge is -2.34. The fraction of sp³-hybridized carbons (Fsp3) is 0.345. The van der Waals surface area contributed by atoms with E-state index in [1.165, 1.54) is 18.2 Å². The van der Waals surface area contributed by atoms with Crippen molar-refractivity contribution in [3.05, 3.63) is 65.7 Å². The quantitative estimate of drug-likeness (QED) is 0.282. The molecule has 5 rings (SSSR count). The summed E-state index contributed by atoms with van der Waals surface area (Å²) in [7, 11) is 0. The topological polar surface area (TPSA) is 72.5 Å². The van der Waals surface area contributed by atoms with Gasteiger partial charge >= 0.3 is 5.97 Å². The Balaban J connectivity index is 1.24. The van der Waals surface area contributed by atoms with Gasteiger partial charge in [0.05, 0.1) is 5.75 Å². The molecular weight excluding hydrogens is 458 g/mol. The van der Waals surface area contributed by atoms with Gasteiger partial charge in [0, 0.05) is 27.5 Å². The molecule has 0 spiro atoms. The van der Waals surface area contributed by atoms with Crippen LogP contribution in [0.2, 0.25) is 0 Å². The minimum absolute atomic E-state index is 0.0213. The Bertz CT molecular complexity index is 1320. The van der Waals surface area contributed by atoms with Crippen LogP contribution in [0.3, 0.4) is 0 Å². The molecule has 180 valence electrons. The van der Waals surface area contributed by atoms with Crippen LogP contribution in [0.25, 0.3) is 21.9 Å². The van der Waals surface area contributed by atoms with Crippen LogP contribution >= 0.6 is 11.8 Å². The van der Waals surface area contributed by atoms with Crippen molar-refractivity contribution in [2.45, 2.75) is 44.0 Å². The lowest BCUT2D eigenvalue weighted by molar-refractivity contribution is -0.146. The molecule has 1 saturated carbocycles. The minimum Gasteiger partial charge on any atom is -0.455 e. The Hall–Kier alpha value is -3.12. The summed E-state index contributed by atoms with van der Waals surface area (Å²) in [5, 5.41) is 4.90. The van der Waals surface area contributed by atoms with E-state index >= 15 is 0 Å². The van der Waals surface area contributed by atoms with Crippen molar-refractivity contribution in [1.29, 1.82) is 0 Å². The normalized spacial score (nSPS) is 20.9. The second-order valence-corrected chi connectivity index (χ2v) is 10.6. The average Bonchev–Trinajstić information content (AvgIpc) is 2.87. The number of hydrogen-bond acceptors (Lipinski definition) is 5. The number of fused-ring (bicyclic) bond motifs is 2. The number of hydrogen-bond donors (Lipinski definition) is 1. The molecule has 0 aromatic heterocycles. The van der Waals surface area contributed by atoms with Crippen LogP contribution in [-0.2, 0) is 14.3 Å². The van der Waals surface area contributed by atoms with Gasteiger partial charge in [-0.3, -0.25) is 14.4 Å². The van der Waals surface area contributed by atoms with Gasteiger partial charge in [-0.2, -0.15) is 0 Å². The third-order valence-corrected chi connectivity index (χ3v) is 8.52. The van der Waals surface area contributed by atoms with Gasteiger partial charge in [0.2, 0.25) is 0 Å². The molecule has 35 heavy (non-hydrogen) atoms. The molecule has 2 aliphatic carbocycles. The van der Waals surface area contributed by atoms with E-state index in [-0.39, 0.29) is 30.1 Å². The maximum Gasteiger partial charge on any atom is 0.316 e. The predicted molar refractivity (Wildman–Crippen MR) is 139 cm³/mol. The van der Waals surface area contributed by atoms with Crippen molar-refractivity contribution in [3.63, 3.8) is 0 Å². The van der Waals surface area contributed by atoms with Crippen molar-refractivity contribution in [3.8, 4) is 11.1 Å². The van der Waals surface area contributed by atoms with E-state index in [9.17, 15) is 14.4 Å². The largest absolute Gasteiger partial charge is 0.455 e. The molecule has 0 heterocycles. The van der Waals surface area contributed by atoms with E-state index < -0.39 is 5.97 Å². The molecule has 0 saturated heterocycles. The molecule has 0 bridgehead atoms. The second-order valence-electron chi connectivity index (χ2n) is 9.60. The number of carbonyl (C=O) groups is 3. The third kappa shape index (κ3) is 4.59. The Morgan fingerprint density at radius 1 is 0.943 bits per heavy atom. The number of ether oxygens (including phenoxy) is 1. The third-order valence-electron chi connectivity index (χ3n) is 7.47. The smallest absolute Gasteiger partial charge is 0.316 e. The molecule has 1 fully saturated rings. The number of ketones is 1. The van der Waals surface area contributed by atoms with Crippen LogP contribution in [0.5, 0.6) is 0 Å². The molecule has 0 radical (unpaired) electrons. The lowest BCUT2D eigenvalue weighted by Crippen LogP contribution is -2.45. The first-order valence-electron chi connectivity index (χ1n) is 12.2. The highest BCUT2D eigenvalue weighted by molar-refractivity contribution is 8.00. The highest BCUT2D eigenvalue weighted by Gasteiger charge is 2.28. The Morgan fingerprint density at radius 3 is 2.54 bits per heavy atom. The molecule has 2 aliphatic rings. The van der Waals surface area contributed by atoms with Gasteiger partial charge in [0.15, 0.2) is 12.4 Å². The summed E-state index contributed by atoms with van der Waals surface area (Å²) in [6, 6.07) is 17.5. The highest BCUT2D eigenvalue weighted by atomic mass is 32.2. The number of thioether (sulfide) groups is 1. The lowest BCUT2D eigenvalue weighted by atomic mass is 9.78. The van der Waals surface area contributed by atoms with Gasteiger partial charge in [0.1, 0.15) is 0 Å². The van der Waals surface area contributed by atoms with Crippen molar-refractivity contribution in [1.82, 2.24) is 5.32 Å².